The summed E-state index contributed by atoms with van der Waals surface area (Å²) >= 11 is 0. The Kier molecular flexibility index (Phi) is 4.16. The number of nitrogens with zero attached hydrogens (tertiary/aromatic N) is 1. The highest BCUT2D eigenvalue weighted by molar-refractivity contribution is 7.92. The van der Waals surface area contributed by atoms with Crippen molar-refractivity contribution in [3.63, 3.8) is 0 Å². The fourth-order valence-corrected chi connectivity index (χ4v) is 3.54. The van der Waals surface area contributed by atoms with Crippen LogP contribution in [0.1, 0.15) is 0 Å². The molecule has 5 nitrogen and oxygen atoms in total. The van der Waals surface area contributed by atoms with Crippen molar-refractivity contribution >= 4 is 48.9 Å². The lowest BCUT2D eigenvalue weighted by Crippen LogP contribution is -2.09. The molecule has 3 aromatic carbocycles. The van der Waals surface area contributed by atoms with Gasteiger partial charge in [0.1, 0.15) is 5.82 Å². The standard InChI is InChI=1S/C20H16FN3O2S/c1-27(25,26)24-15-9-7-14(8-10-15)22-20-16-4-2-3-5-18(16)23-19-11-6-13(21)12-17(19)20/h2-12,24H,1H3,(H,22,23). The first kappa shape index (κ1) is 17.2. The van der Waals surface area contributed by atoms with Gasteiger partial charge in [-0.05, 0) is 48.5 Å². The number of hydrogen-bond donors (Lipinski definition) is 2. The van der Waals surface area contributed by atoms with Crippen LogP contribution in [0.5, 0.6) is 0 Å². The lowest BCUT2D eigenvalue weighted by molar-refractivity contribution is 0.607. The van der Waals surface area contributed by atoms with Crippen molar-refractivity contribution in [3.05, 3.63) is 72.5 Å². The molecule has 0 saturated carbocycles. The Morgan fingerprint density at radius 2 is 1.52 bits per heavy atom. The molecular formula is C20H16FN3O2S. The molecule has 4 rings (SSSR count). The van der Waals surface area contributed by atoms with E-state index in [2.05, 4.69) is 15.0 Å². The second-order valence-electron chi connectivity index (χ2n) is 6.24. The molecule has 0 unspecified atom stereocenters. The largest absolute Gasteiger partial charge is 0.354 e. The van der Waals surface area contributed by atoms with E-state index in [1.807, 2.05) is 24.3 Å². The third-order valence-electron chi connectivity index (χ3n) is 4.10. The van der Waals surface area contributed by atoms with E-state index in [-0.39, 0.29) is 5.82 Å². The van der Waals surface area contributed by atoms with Crippen molar-refractivity contribution in [2.24, 2.45) is 0 Å². The molecule has 1 aromatic heterocycles. The minimum absolute atomic E-state index is 0.338. The van der Waals surface area contributed by atoms with Gasteiger partial charge >= 0.3 is 0 Å². The third-order valence-corrected chi connectivity index (χ3v) is 4.71. The van der Waals surface area contributed by atoms with Crippen LogP contribution in [0.15, 0.2) is 66.7 Å². The lowest BCUT2D eigenvalue weighted by atomic mass is 10.1. The Labute approximate surface area is 155 Å². The number of nitrogens with one attached hydrogen (secondary N) is 2. The zero-order valence-corrected chi connectivity index (χ0v) is 15.2. The molecule has 7 heteroatoms. The molecule has 2 N–H and O–H groups in total. The van der Waals surface area contributed by atoms with Gasteiger partial charge < -0.3 is 5.32 Å². The molecule has 0 atom stereocenters. The summed E-state index contributed by atoms with van der Waals surface area (Å²) in [5.74, 6) is -0.338. The third kappa shape index (κ3) is 3.68. The summed E-state index contributed by atoms with van der Waals surface area (Å²) in [6, 6.07) is 19.0. The van der Waals surface area contributed by atoms with Crippen LogP contribution in [0.4, 0.5) is 21.5 Å². The molecule has 0 saturated heterocycles. The van der Waals surface area contributed by atoms with E-state index in [4.69, 9.17) is 0 Å². The summed E-state index contributed by atoms with van der Waals surface area (Å²) in [7, 11) is -3.33. The van der Waals surface area contributed by atoms with Gasteiger partial charge in [0.15, 0.2) is 0 Å². The van der Waals surface area contributed by atoms with Gasteiger partial charge in [0, 0.05) is 22.1 Å². The van der Waals surface area contributed by atoms with Gasteiger partial charge in [-0.2, -0.15) is 0 Å². The molecule has 0 amide bonds. The monoisotopic (exact) mass is 381 g/mol. The Hall–Kier alpha value is -3.19. The molecule has 1 heterocycles. The number of benzene rings is 3. The van der Waals surface area contributed by atoms with E-state index in [9.17, 15) is 12.8 Å². The van der Waals surface area contributed by atoms with Crippen LogP contribution in [0.2, 0.25) is 0 Å². The van der Waals surface area contributed by atoms with Gasteiger partial charge in [0.25, 0.3) is 0 Å². The molecule has 136 valence electrons. The number of sulfonamides is 1. The van der Waals surface area contributed by atoms with Gasteiger partial charge in [-0.1, -0.05) is 18.2 Å². The summed E-state index contributed by atoms with van der Waals surface area (Å²) in [5, 5.41) is 4.87. The molecule has 0 radical (unpaired) electrons. The topological polar surface area (TPSA) is 71.1 Å². The minimum Gasteiger partial charge on any atom is -0.354 e. The quantitative estimate of drug-likeness (QED) is 0.505. The van der Waals surface area contributed by atoms with Gasteiger partial charge in [-0.25, -0.2) is 17.8 Å². The molecule has 27 heavy (non-hydrogen) atoms. The van der Waals surface area contributed by atoms with Crippen molar-refractivity contribution in [1.82, 2.24) is 4.98 Å². The van der Waals surface area contributed by atoms with E-state index in [0.717, 1.165) is 28.5 Å². The Bertz CT molecular complexity index is 1260. The number of anilines is 3. The zero-order chi connectivity index (χ0) is 19.0. The predicted molar refractivity (Wildman–Crippen MR) is 107 cm³/mol. The highest BCUT2D eigenvalue weighted by atomic mass is 32.2. The lowest BCUT2D eigenvalue weighted by Gasteiger charge is -2.14. The van der Waals surface area contributed by atoms with E-state index in [0.29, 0.717) is 16.6 Å². The first-order valence-electron chi connectivity index (χ1n) is 8.22. The first-order valence-corrected chi connectivity index (χ1v) is 10.1. The van der Waals surface area contributed by atoms with E-state index < -0.39 is 10.0 Å². The SMILES string of the molecule is CS(=O)(=O)Nc1ccc(Nc2c3ccccc3nc3ccc(F)cc23)cc1. The van der Waals surface area contributed by atoms with Crippen molar-refractivity contribution in [2.45, 2.75) is 0 Å². The van der Waals surface area contributed by atoms with Crippen molar-refractivity contribution in [3.8, 4) is 0 Å². The highest BCUT2D eigenvalue weighted by Crippen LogP contribution is 2.33. The van der Waals surface area contributed by atoms with Crippen molar-refractivity contribution < 1.29 is 12.8 Å². The zero-order valence-electron chi connectivity index (χ0n) is 14.4. The maximum absolute atomic E-state index is 13.8. The number of para-hydroxylation sites is 1. The smallest absolute Gasteiger partial charge is 0.229 e. The normalized spacial score (nSPS) is 11.6. The average molecular weight is 381 g/mol. The molecule has 0 bridgehead atoms. The molecule has 0 fully saturated rings. The van der Waals surface area contributed by atoms with Crippen LogP contribution >= 0.6 is 0 Å². The van der Waals surface area contributed by atoms with Crippen LogP contribution < -0.4 is 10.0 Å². The van der Waals surface area contributed by atoms with Crippen molar-refractivity contribution in [1.29, 1.82) is 0 Å². The maximum Gasteiger partial charge on any atom is 0.229 e. The number of hydrogen-bond acceptors (Lipinski definition) is 4. The fraction of sp³-hybridized carbons (Fsp3) is 0.0500. The summed E-state index contributed by atoms with van der Waals surface area (Å²) in [6.07, 6.45) is 1.10. The van der Waals surface area contributed by atoms with Crippen LogP contribution in [0, 0.1) is 5.82 Å². The van der Waals surface area contributed by atoms with Gasteiger partial charge in [0.2, 0.25) is 10.0 Å². The van der Waals surface area contributed by atoms with Gasteiger partial charge in [-0.15, -0.1) is 0 Å². The molecule has 0 aliphatic rings. The Balaban J connectivity index is 1.81. The maximum atomic E-state index is 13.8. The second-order valence-corrected chi connectivity index (χ2v) is 7.99. The number of pyridine rings is 1. The molecule has 0 spiro atoms. The van der Waals surface area contributed by atoms with E-state index >= 15 is 0 Å². The minimum atomic E-state index is -3.33. The summed E-state index contributed by atoms with van der Waals surface area (Å²) in [5.41, 5.74) is 3.45. The number of halogens is 1. The van der Waals surface area contributed by atoms with Crippen LogP contribution in [-0.4, -0.2) is 19.7 Å². The number of fused-ring (bicyclic) bond motifs is 2. The highest BCUT2D eigenvalue weighted by Gasteiger charge is 2.10. The van der Waals surface area contributed by atoms with Gasteiger partial charge in [0.05, 0.1) is 23.0 Å². The predicted octanol–water partition coefficient (Wildman–Crippen LogP) is 4.64. The van der Waals surface area contributed by atoms with Crippen LogP contribution in [0.3, 0.4) is 0 Å². The number of rotatable bonds is 4. The van der Waals surface area contributed by atoms with E-state index in [1.165, 1.54) is 12.1 Å². The van der Waals surface area contributed by atoms with E-state index in [1.54, 1.807) is 30.3 Å². The summed E-state index contributed by atoms with van der Waals surface area (Å²) < 4.78 is 38.9. The van der Waals surface area contributed by atoms with Gasteiger partial charge in [-0.3, -0.25) is 4.72 Å². The Morgan fingerprint density at radius 1 is 0.852 bits per heavy atom. The summed E-state index contributed by atoms with van der Waals surface area (Å²) in [6.45, 7) is 0. The molecular weight excluding hydrogens is 365 g/mol. The van der Waals surface area contributed by atoms with Crippen molar-refractivity contribution in [2.75, 3.05) is 16.3 Å². The molecule has 0 aliphatic carbocycles. The first-order chi connectivity index (χ1) is 12.9. The summed E-state index contributed by atoms with van der Waals surface area (Å²) in [4.78, 5) is 4.59. The Morgan fingerprint density at radius 3 is 2.26 bits per heavy atom. The average Bonchev–Trinajstić information content (AvgIpc) is 2.62. The second kappa shape index (κ2) is 6.51. The fourth-order valence-electron chi connectivity index (χ4n) is 2.98. The molecule has 4 aromatic rings. The molecule has 0 aliphatic heterocycles. The van der Waals surface area contributed by atoms with Crippen LogP contribution in [0.25, 0.3) is 21.8 Å². The number of aromatic nitrogens is 1. The van der Waals surface area contributed by atoms with Crippen LogP contribution in [-0.2, 0) is 10.0 Å².